The second-order valence-corrected chi connectivity index (χ2v) is 6.84. The number of aliphatic imine (C=N–C) groups is 1. The van der Waals surface area contributed by atoms with Crippen LogP contribution < -0.4 is 21.7 Å². The predicted octanol–water partition coefficient (Wildman–Crippen LogP) is -0.323. The number of nitrogens with one attached hydrogen (secondary N) is 3. The maximum Gasteiger partial charge on any atom is 0.326 e. The zero-order valence-electron chi connectivity index (χ0n) is 16.6. The fourth-order valence-corrected chi connectivity index (χ4v) is 2.84. The molecule has 32 heavy (non-hydrogen) atoms. The summed E-state index contributed by atoms with van der Waals surface area (Å²) in [5, 5.41) is 35.8. The third kappa shape index (κ3) is 5.66. The van der Waals surface area contributed by atoms with Crippen molar-refractivity contribution in [2.75, 3.05) is 5.32 Å². The second kappa shape index (κ2) is 9.70. The van der Waals surface area contributed by atoms with E-state index in [-0.39, 0.29) is 42.4 Å². The zero-order valence-corrected chi connectivity index (χ0v) is 16.6. The van der Waals surface area contributed by atoms with Gasteiger partial charge in [-0.25, -0.2) is 14.8 Å². The van der Waals surface area contributed by atoms with E-state index in [1.165, 1.54) is 18.3 Å². The molecule has 168 valence electrons. The zero-order chi connectivity index (χ0) is 23.3. The Morgan fingerprint density at radius 3 is 2.56 bits per heavy atom. The molecule has 3 rings (SSSR count). The fraction of sp³-hybridized carbons (Fsp3) is 0.263. The van der Waals surface area contributed by atoms with Gasteiger partial charge in [-0.2, -0.15) is 4.99 Å². The van der Waals surface area contributed by atoms with Crippen molar-refractivity contribution >= 4 is 35.3 Å². The van der Waals surface area contributed by atoms with Crippen LogP contribution in [-0.2, 0) is 16.1 Å². The summed E-state index contributed by atoms with van der Waals surface area (Å²) in [7, 11) is 0. The molecular weight excluding hydrogens is 422 g/mol. The average molecular weight is 443 g/mol. The molecule has 13 heteroatoms. The van der Waals surface area contributed by atoms with Crippen molar-refractivity contribution in [2.45, 2.75) is 31.7 Å². The maximum atomic E-state index is 12.3. The molecule has 0 bridgehead atoms. The van der Waals surface area contributed by atoms with Crippen molar-refractivity contribution in [1.82, 2.24) is 20.6 Å². The number of carbonyl (C=O) groups is 3. The number of aliphatic carboxylic acids is 2. The third-order valence-corrected chi connectivity index (χ3v) is 4.47. The Hall–Kier alpha value is -4.26. The van der Waals surface area contributed by atoms with Crippen LogP contribution in [0.15, 0.2) is 35.5 Å². The Morgan fingerprint density at radius 2 is 1.91 bits per heavy atom. The minimum absolute atomic E-state index is 0.0471. The second-order valence-electron chi connectivity index (χ2n) is 6.84. The molecule has 0 aliphatic carbocycles. The Kier molecular flexibility index (Phi) is 6.80. The highest BCUT2D eigenvalue weighted by molar-refractivity contribution is 5.97. The average Bonchev–Trinajstić information content (AvgIpc) is 2.75. The number of nitrogens with two attached hydrogens (primary N) is 1. The summed E-state index contributed by atoms with van der Waals surface area (Å²) in [6.07, 6.45) is -0.220. The lowest BCUT2D eigenvalue weighted by molar-refractivity contribution is -0.140. The highest BCUT2D eigenvalue weighted by Gasteiger charge is 2.22. The first-order valence-corrected chi connectivity index (χ1v) is 9.47. The molecule has 2 unspecified atom stereocenters. The number of hydrogen-bond acceptors (Lipinski definition) is 10. The van der Waals surface area contributed by atoms with Crippen LogP contribution in [0.25, 0.3) is 0 Å². The maximum absolute atomic E-state index is 12.3. The molecule has 2 heterocycles. The van der Waals surface area contributed by atoms with Gasteiger partial charge in [-0.3, -0.25) is 9.59 Å². The van der Waals surface area contributed by atoms with Crippen molar-refractivity contribution < 1.29 is 29.7 Å². The molecular formula is C19H21N7O6. The van der Waals surface area contributed by atoms with E-state index in [0.717, 1.165) is 0 Å². The van der Waals surface area contributed by atoms with Crippen LogP contribution >= 0.6 is 0 Å². The van der Waals surface area contributed by atoms with Gasteiger partial charge in [0, 0.05) is 17.7 Å². The van der Waals surface area contributed by atoms with Crippen LogP contribution in [0.3, 0.4) is 0 Å². The molecule has 1 aromatic heterocycles. The van der Waals surface area contributed by atoms with E-state index in [9.17, 15) is 19.5 Å². The molecule has 1 aliphatic rings. The third-order valence-electron chi connectivity index (χ3n) is 4.47. The van der Waals surface area contributed by atoms with Gasteiger partial charge < -0.3 is 37.0 Å². The van der Waals surface area contributed by atoms with Crippen molar-refractivity contribution in [3.8, 4) is 0 Å². The van der Waals surface area contributed by atoms with Crippen LogP contribution in [0.2, 0.25) is 0 Å². The van der Waals surface area contributed by atoms with Gasteiger partial charge in [-0.15, -0.1) is 0 Å². The van der Waals surface area contributed by atoms with Gasteiger partial charge >= 0.3 is 11.9 Å². The summed E-state index contributed by atoms with van der Waals surface area (Å²) < 4.78 is 0. The number of aliphatic hydroxyl groups is 1. The van der Waals surface area contributed by atoms with E-state index in [4.69, 9.17) is 15.9 Å². The monoisotopic (exact) mass is 443 g/mol. The normalized spacial score (nSPS) is 15.5. The number of anilines is 1. The molecule has 0 spiro atoms. The first-order chi connectivity index (χ1) is 15.2. The molecule has 2 atom stereocenters. The predicted molar refractivity (Wildman–Crippen MR) is 111 cm³/mol. The molecule has 1 aliphatic heterocycles. The summed E-state index contributed by atoms with van der Waals surface area (Å²) >= 11 is 0. The number of nitrogens with zero attached hydrogens (tertiary/aromatic N) is 3. The molecule has 1 aromatic carbocycles. The number of carbonyl (C=O) groups excluding carboxylic acids is 1. The standard InChI is InChI=1S/C19H21N7O6/c20-19-25-15-14(17(30)26-19)23-11(8-22-15)7-21-10-3-1-9(2-4-10)16(29)24-12(18(31)32)5-6-13(27)28/h1-4,8,12,17,21,30H,5-7H2,(H,24,29)(H,27,28)(H,31,32)(H3,20,22,25,26). The van der Waals surface area contributed by atoms with Crippen molar-refractivity contribution in [1.29, 1.82) is 0 Å². The molecule has 13 nitrogen and oxygen atoms in total. The summed E-state index contributed by atoms with van der Waals surface area (Å²) in [6, 6.07) is 4.93. The van der Waals surface area contributed by atoms with Crippen LogP contribution in [0.5, 0.6) is 0 Å². The molecule has 0 saturated carbocycles. The summed E-state index contributed by atoms with van der Waals surface area (Å²) in [4.78, 5) is 46.5. The molecule has 2 aromatic rings. The number of fused-ring (bicyclic) bond motifs is 1. The number of carboxylic acids is 2. The number of rotatable bonds is 9. The summed E-state index contributed by atoms with van der Waals surface area (Å²) in [5.74, 6) is -2.80. The van der Waals surface area contributed by atoms with Crippen LogP contribution in [0.4, 0.5) is 11.5 Å². The van der Waals surface area contributed by atoms with E-state index in [1.807, 2.05) is 0 Å². The lowest BCUT2D eigenvalue weighted by Crippen LogP contribution is -2.41. The minimum Gasteiger partial charge on any atom is -0.481 e. The lowest BCUT2D eigenvalue weighted by Gasteiger charge is -2.19. The first kappa shape index (κ1) is 22.4. The van der Waals surface area contributed by atoms with Crippen molar-refractivity contribution in [3.63, 3.8) is 0 Å². The molecule has 1 amide bonds. The van der Waals surface area contributed by atoms with E-state index < -0.39 is 30.1 Å². The SMILES string of the molecule is NC1=Nc2ncc(CNc3ccc(C(=O)NC(CCC(=O)O)C(=O)O)cc3)nc2C(O)N1. The highest BCUT2D eigenvalue weighted by Crippen LogP contribution is 2.23. The molecule has 0 saturated heterocycles. The van der Waals surface area contributed by atoms with E-state index in [1.54, 1.807) is 12.1 Å². The van der Waals surface area contributed by atoms with Gasteiger partial charge in [-0.1, -0.05) is 0 Å². The first-order valence-electron chi connectivity index (χ1n) is 9.47. The number of aliphatic hydroxyl groups excluding tert-OH is 1. The Morgan fingerprint density at radius 1 is 1.19 bits per heavy atom. The number of benzene rings is 1. The summed E-state index contributed by atoms with van der Waals surface area (Å²) in [6.45, 7) is 0.272. The fourth-order valence-electron chi connectivity index (χ4n) is 2.84. The largest absolute Gasteiger partial charge is 0.481 e. The molecule has 0 radical (unpaired) electrons. The van der Waals surface area contributed by atoms with Crippen molar-refractivity contribution in [2.24, 2.45) is 10.7 Å². The van der Waals surface area contributed by atoms with E-state index in [2.05, 4.69) is 30.9 Å². The number of hydrogen-bond donors (Lipinski definition) is 7. The molecule has 8 N–H and O–H groups in total. The Bertz CT molecular complexity index is 1060. The quantitative estimate of drug-likeness (QED) is 0.267. The van der Waals surface area contributed by atoms with Crippen LogP contribution in [0.1, 0.15) is 40.8 Å². The van der Waals surface area contributed by atoms with Gasteiger partial charge in [0.1, 0.15) is 11.7 Å². The van der Waals surface area contributed by atoms with Gasteiger partial charge in [0.05, 0.1) is 18.4 Å². The number of aromatic nitrogens is 2. The van der Waals surface area contributed by atoms with Crippen LogP contribution in [0, 0.1) is 0 Å². The van der Waals surface area contributed by atoms with Gasteiger partial charge in [-0.05, 0) is 30.7 Å². The minimum atomic E-state index is -1.31. The molecule has 0 fully saturated rings. The van der Waals surface area contributed by atoms with Crippen molar-refractivity contribution in [3.05, 3.63) is 47.4 Å². The van der Waals surface area contributed by atoms with Crippen LogP contribution in [-0.4, -0.2) is 55.1 Å². The van der Waals surface area contributed by atoms with Gasteiger partial charge in [0.25, 0.3) is 5.91 Å². The van der Waals surface area contributed by atoms with E-state index >= 15 is 0 Å². The number of guanidine groups is 1. The van der Waals surface area contributed by atoms with Gasteiger partial charge in [0.2, 0.25) is 0 Å². The highest BCUT2D eigenvalue weighted by atomic mass is 16.4. The van der Waals surface area contributed by atoms with E-state index in [0.29, 0.717) is 11.4 Å². The van der Waals surface area contributed by atoms with Gasteiger partial charge in [0.15, 0.2) is 18.0 Å². The topological polar surface area (TPSA) is 212 Å². The summed E-state index contributed by atoms with van der Waals surface area (Å²) in [5.41, 5.74) is 7.19. The smallest absolute Gasteiger partial charge is 0.326 e. The number of carboxylic acid groups (broad SMARTS) is 2. The Labute approximate surface area is 181 Å². The Balaban J connectivity index is 1.59. The lowest BCUT2D eigenvalue weighted by atomic mass is 10.1. The number of amides is 1.